The van der Waals surface area contributed by atoms with E-state index in [-0.39, 0.29) is 18.0 Å². The molecule has 4 heteroatoms. The van der Waals surface area contributed by atoms with E-state index in [1.165, 1.54) is 6.07 Å². The predicted octanol–water partition coefficient (Wildman–Crippen LogP) is 4.56. The van der Waals surface area contributed by atoms with E-state index in [1.807, 2.05) is 6.92 Å². The molecule has 120 valence electrons. The Hall–Kier alpha value is -0.450. The molecule has 0 heterocycles. The van der Waals surface area contributed by atoms with Crippen molar-refractivity contribution >= 4 is 15.9 Å². The molecular weight excluding hydrogens is 333 g/mol. The molecule has 0 fully saturated rings. The van der Waals surface area contributed by atoms with Crippen molar-refractivity contribution in [1.29, 1.82) is 0 Å². The van der Waals surface area contributed by atoms with E-state index in [4.69, 9.17) is 4.74 Å². The summed E-state index contributed by atoms with van der Waals surface area (Å²) in [4.78, 5) is 0. The van der Waals surface area contributed by atoms with Crippen LogP contribution in [0.25, 0.3) is 0 Å². The summed E-state index contributed by atoms with van der Waals surface area (Å²) >= 11 is 3.52. The van der Waals surface area contributed by atoms with Crippen molar-refractivity contribution in [3.63, 3.8) is 0 Å². The fourth-order valence-corrected chi connectivity index (χ4v) is 2.95. The van der Waals surface area contributed by atoms with Gasteiger partial charge in [-0.1, -0.05) is 36.7 Å². The summed E-state index contributed by atoms with van der Waals surface area (Å²) < 4.78 is 20.4. The maximum absolute atomic E-state index is 13.5. The highest BCUT2D eigenvalue weighted by Crippen LogP contribution is 2.22. The Labute approximate surface area is 136 Å². The van der Waals surface area contributed by atoms with Crippen molar-refractivity contribution in [2.75, 3.05) is 13.2 Å². The Kier molecular flexibility index (Phi) is 8.45. The van der Waals surface area contributed by atoms with Crippen LogP contribution in [0.4, 0.5) is 4.39 Å². The lowest BCUT2D eigenvalue weighted by Crippen LogP contribution is -2.46. The van der Waals surface area contributed by atoms with Crippen LogP contribution in [-0.4, -0.2) is 25.3 Å². The molecule has 0 aliphatic carbocycles. The second-order valence-corrected chi connectivity index (χ2v) is 6.52. The zero-order valence-corrected chi connectivity index (χ0v) is 15.0. The SMILES string of the molecule is CCCNC(Cc1cc(F)ccc1Br)C(OCC)C(C)C. The van der Waals surface area contributed by atoms with E-state index in [9.17, 15) is 4.39 Å². The predicted molar refractivity (Wildman–Crippen MR) is 90.1 cm³/mol. The van der Waals surface area contributed by atoms with Crippen molar-refractivity contribution in [3.05, 3.63) is 34.1 Å². The summed E-state index contributed by atoms with van der Waals surface area (Å²) in [5.41, 5.74) is 0.981. The zero-order chi connectivity index (χ0) is 15.8. The molecule has 0 saturated carbocycles. The molecule has 2 nitrogen and oxygen atoms in total. The van der Waals surface area contributed by atoms with E-state index in [2.05, 4.69) is 42.0 Å². The van der Waals surface area contributed by atoms with Crippen LogP contribution in [0.2, 0.25) is 0 Å². The van der Waals surface area contributed by atoms with E-state index < -0.39 is 0 Å². The van der Waals surface area contributed by atoms with E-state index in [0.717, 1.165) is 29.4 Å². The molecule has 0 aromatic heterocycles. The average Bonchev–Trinajstić information content (AvgIpc) is 2.44. The van der Waals surface area contributed by atoms with Gasteiger partial charge in [0.2, 0.25) is 0 Å². The monoisotopic (exact) mass is 359 g/mol. The third kappa shape index (κ3) is 6.05. The van der Waals surface area contributed by atoms with E-state index in [0.29, 0.717) is 12.5 Å². The number of ether oxygens (including phenoxy) is 1. The van der Waals surface area contributed by atoms with Crippen LogP contribution in [0.3, 0.4) is 0 Å². The van der Waals surface area contributed by atoms with Gasteiger partial charge in [0.1, 0.15) is 5.82 Å². The Balaban J connectivity index is 2.92. The molecule has 1 N–H and O–H groups in total. The van der Waals surface area contributed by atoms with Crippen molar-refractivity contribution < 1.29 is 9.13 Å². The molecule has 0 bridgehead atoms. The number of hydrogen-bond donors (Lipinski definition) is 1. The molecule has 2 unspecified atom stereocenters. The van der Waals surface area contributed by atoms with Crippen LogP contribution in [-0.2, 0) is 11.2 Å². The molecule has 0 saturated heterocycles. The normalized spacial score (nSPS) is 14.4. The second-order valence-electron chi connectivity index (χ2n) is 5.66. The summed E-state index contributed by atoms with van der Waals surface area (Å²) in [5, 5.41) is 3.56. The highest BCUT2D eigenvalue weighted by atomic mass is 79.9. The van der Waals surface area contributed by atoms with Crippen LogP contribution >= 0.6 is 15.9 Å². The van der Waals surface area contributed by atoms with Gasteiger partial charge in [-0.3, -0.25) is 0 Å². The lowest BCUT2D eigenvalue weighted by atomic mass is 9.93. The number of nitrogens with one attached hydrogen (secondary N) is 1. The first-order valence-electron chi connectivity index (χ1n) is 7.78. The largest absolute Gasteiger partial charge is 0.377 e. The van der Waals surface area contributed by atoms with Crippen molar-refractivity contribution in [3.8, 4) is 0 Å². The van der Waals surface area contributed by atoms with Crippen LogP contribution in [0.5, 0.6) is 0 Å². The molecule has 0 amide bonds. The van der Waals surface area contributed by atoms with Gasteiger partial charge in [-0.25, -0.2) is 4.39 Å². The van der Waals surface area contributed by atoms with Gasteiger partial charge in [-0.15, -0.1) is 0 Å². The van der Waals surface area contributed by atoms with Gasteiger partial charge in [0, 0.05) is 17.1 Å². The summed E-state index contributed by atoms with van der Waals surface area (Å²) in [7, 11) is 0. The molecule has 0 aliphatic heterocycles. The lowest BCUT2D eigenvalue weighted by Gasteiger charge is -2.31. The van der Waals surface area contributed by atoms with Gasteiger partial charge >= 0.3 is 0 Å². The average molecular weight is 360 g/mol. The highest BCUT2D eigenvalue weighted by Gasteiger charge is 2.25. The van der Waals surface area contributed by atoms with Gasteiger partial charge in [0.25, 0.3) is 0 Å². The first-order valence-corrected chi connectivity index (χ1v) is 8.57. The maximum Gasteiger partial charge on any atom is 0.123 e. The summed E-state index contributed by atoms with van der Waals surface area (Å²) in [6.45, 7) is 10.1. The minimum Gasteiger partial charge on any atom is -0.377 e. The first kappa shape index (κ1) is 18.6. The van der Waals surface area contributed by atoms with Crippen LogP contribution < -0.4 is 5.32 Å². The first-order chi connectivity index (χ1) is 9.99. The van der Waals surface area contributed by atoms with Gasteiger partial charge in [-0.2, -0.15) is 0 Å². The standard InChI is InChI=1S/C17H27BrFNO/c1-5-9-20-16(17(12(3)4)21-6-2)11-13-10-14(19)7-8-15(13)18/h7-8,10,12,16-17,20H,5-6,9,11H2,1-4H3. The molecule has 0 radical (unpaired) electrons. The third-order valence-electron chi connectivity index (χ3n) is 3.52. The molecule has 0 aliphatic rings. The fraction of sp³-hybridized carbons (Fsp3) is 0.647. The molecule has 0 spiro atoms. The molecule has 21 heavy (non-hydrogen) atoms. The van der Waals surface area contributed by atoms with Crippen LogP contribution in [0, 0.1) is 11.7 Å². The quantitative estimate of drug-likeness (QED) is 0.697. The minimum atomic E-state index is -0.194. The lowest BCUT2D eigenvalue weighted by molar-refractivity contribution is 0.00357. The third-order valence-corrected chi connectivity index (χ3v) is 4.29. The molecule has 2 atom stereocenters. The number of hydrogen-bond acceptors (Lipinski definition) is 2. The van der Waals surface area contributed by atoms with E-state index in [1.54, 1.807) is 12.1 Å². The summed E-state index contributed by atoms with van der Waals surface area (Å²) in [6, 6.07) is 5.04. The Morgan fingerprint density at radius 3 is 2.57 bits per heavy atom. The summed E-state index contributed by atoms with van der Waals surface area (Å²) in [5.74, 6) is 0.214. The second kappa shape index (κ2) is 9.54. The van der Waals surface area contributed by atoms with Crippen LogP contribution in [0.15, 0.2) is 22.7 Å². The summed E-state index contributed by atoms with van der Waals surface area (Å²) in [6.07, 6.45) is 1.94. The van der Waals surface area contributed by atoms with Gasteiger partial charge < -0.3 is 10.1 Å². The van der Waals surface area contributed by atoms with Gasteiger partial charge in [0.05, 0.1) is 6.10 Å². The Bertz CT molecular complexity index is 425. The van der Waals surface area contributed by atoms with E-state index >= 15 is 0 Å². The molecule has 1 rings (SSSR count). The Morgan fingerprint density at radius 1 is 1.29 bits per heavy atom. The van der Waals surface area contributed by atoms with Crippen LogP contribution in [0.1, 0.15) is 39.7 Å². The topological polar surface area (TPSA) is 21.3 Å². The van der Waals surface area contributed by atoms with Gasteiger partial charge in [-0.05, 0) is 56.0 Å². The fourth-order valence-electron chi connectivity index (χ4n) is 2.54. The highest BCUT2D eigenvalue weighted by molar-refractivity contribution is 9.10. The van der Waals surface area contributed by atoms with Crippen molar-refractivity contribution in [1.82, 2.24) is 5.32 Å². The minimum absolute atomic E-state index is 0.122. The number of benzene rings is 1. The van der Waals surface area contributed by atoms with Crippen molar-refractivity contribution in [2.45, 2.75) is 52.7 Å². The maximum atomic E-state index is 13.5. The number of rotatable bonds is 9. The molecule has 1 aromatic carbocycles. The smallest absolute Gasteiger partial charge is 0.123 e. The molecule has 1 aromatic rings. The molecular formula is C17H27BrFNO. The number of halogens is 2. The Morgan fingerprint density at radius 2 is 2.00 bits per heavy atom. The zero-order valence-electron chi connectivity index (χ0n) is 13.5. The van der Waals surface area contributed by atoms with Gasteiger partial charge in [0.15, 0.2) is 0 Å². The van der Waals surface area contributed by atoms with Crippen molar-refractivity contribution in [2.24, 2.45) is 5.92 Å².